The van der Waals surface area contributed by atoms with Crippen molar-refractivity contribution in [2.45, 2.75) is 0 Å². The topological polar surface area (TPSA) is 24.9 Å². The Balaban J connectivity index is 2.34. The van der Waals surface area contributed by atoms with Crippen LogP contribution in [0, 0.1) is 3.57 Å². The fourth-order valence-corrected chi connectivity index (χ4v) is 2.05. The summed E-state index contributed by atoms with van der Waals surface area (Å²) in [6.45, 7) is 0. The first kappa shape index (κ1) is 12.0. The van der Waals surface area contributed by atoms with Crippen LogP contribution in [0.15, 0.2) is 36.5 Å². The van der Waals surface area contributed by atoms with Gasteiger partial charge in [-0.3, -0.25) is 0 Å². The number of benzene rings is 1. The van der Waals surface area contributed by atoms with Crippen molar-refractivity contribution >= 4 is 57.2 Å². The van der Waals surface area contributed by atoms with Gasteiger partial charge < -0.3 is 5.32 Å². The third-order valence-corrected chi connectivity index (χ3v) is 3.41. The lowest BCUT2D eigenvalue weighted by Gasteiger charge is -2.09. The zero-order valence-electron chi connectivity index (χ0n) is 8.05. The molecule has 0 spiro atoms. The second-order valence-corrected chi connectivity index (χ2v) is 5.05. The molecule has 0 aliphatic carbocycles. The lowest BCUT2D eigenvalue weighted by molar-refractivity contribution is 1.32. The number of anilines is 2. The molecular weight excluding hydrogens is 358 g/mol. The van der Waals surface area contributed by atoms with Gasteiger partial charge in [0.25, 0.3) is 0 Å². The Morgan fingerprint density at radius 3 is 2.62 bits per heavy atom. The first-order valence-corrected chi connectivity index (χ1v) is 6.33. The lowest BCUT2D eigenvalue weighted by atomic mass is 10.3. The van der Waals surface area contributed by atoms with Gasteiger partial charge in [0.05, 0.1) is 16.4 Å². The third kappa shape index (κ3) is 2.78. The average molecular weight is 365 g/mol. The summed E-state index contributed by atoms with van der Waals surface area (Å²) < 4.78 is 1.11. The van der Waals surface area contributed by atoms with Gasteiger partial charge in [0.2, 0.25) is 0 Å². The molecule has 0 radical (unpaired) electrons. The molecule has 0 fully saturated rings. The highest BCUT2D eigenvalue weighted by molar-refractivity contribution is 14.1. The van der Waals surface area contributed by atoms with Crippen LogP contribution in [-0.4, -0.2) is 4.98 Å². The summed E-state index contributed by atoms with van der Waals surface area (Å²) in [7, 11) is 0. The van der Waals surface area contributed by atoms with E-state index in [1.807, 2.05) is 24.3 Å². The zero-order chi connectivity index (χ0) is 11.5. The number of para-hydroxylation sites is 1. The summed E-state index contributed by atoms with van der Waals surface area (Å²) in [4.78, 5) is 3.90. The Morgan fingerprint density at radius 2 is 1.88 bits per heavy atom. The number of rotatable bonds is 2. The van der Waals surface area contributed by atoms with Gasteiger partial charge in [-0.1, -0.05) is 35.3 Å². The van der Waals surface area contributed by atoms with E-state index in [1.165, 1.54) is 6.20 Å². The fraction of sp³-hybridized carbons (Fsp3) is 0. The molecule has 0 saturated heterocycles. The Hall–Kier alpha value is -0.520. The number of pyridine rings is 1. The minimum absolute atomic E-state index is 0.415. The van der Waals surface area contributed by atoms with Crippen LogP contribution < -0.4 is 5.32 Å². The average Bonchev–Trinajstić information content (AvgIpc) is 2.27. The summed E-state index contributed by atoms with van der Waals surface area (Å²) in [5.41, 5.74) is 1.75. The Bertz CT molecular complexity index is 517. The molecule has 0 bridgehead atoms. The van der Waals surface area contributed by atoms with Crippen molar-refractivity contribution in [2.24, 2.45) is 0 Å². The number of aromatic nitrogens is 1. The van der Waals surface area contributed by atoms with Crippen LogP contribution in [0.4, 0.5) is 11.4 Å². The van der Waals surface area contributed by atoms with E-state index < -0.39 is 0 Å². The van der Waals surface area contributed by atoms with E-state index in [2.05, 4.69) is 32.9 Å². The van der Waals surface area contributed by atoms with Crippen molar-refractivity contribution in [3.8, 4) is 0 Å². The molecule has 2 aromatic rings. The van der Waals surface area contributed by atoms with Crippen LogP contribution in [0.1, 0.15) is 0 Å². The molecule has 0 aliphatic rings. The van der Waals surface area contributed by atoms with Crippen LogP contribution in [-0.2, 0) is 0 Å². The maximum atomic E-state index is 6.01. The molecule has 0 unspecified atom stereocenters. The largest absolute Gasteiger partial charge is 0.353 e. The van der Waals surface area contributed by atoms with E-state index in [4.69, 9.17) is 23.2 Å². The van der Waals surface area contributed by atoms with Gasteiger partial charge in [-0.05, 0) is 34.7 Å². The van der Waals surface area contributed by atoms with E-state index in [9.17, 15) is 0 Å². The van der Waals surface area contributed by atoms with E-state index >= 15 is 0 Å². The fourth-order valence-electron chi connectivity index (χ4n) is 1.22. The van der Waals surface area contributed by atoms with Crippen molar-refractivity contribution < 1.29 is 0 Å². The number of nitrogens with zero attached hydrogens (tertiary/aromatic N) is 1. The molecule has 5 heteroatoms. The molecule has 0 atom stereocenters. The molecule has 1 N–H and O–H groups in total. The SMILES string of the molecule is Clc1cc(Nc2ccccc2I)c(Cl)cn1. The zero-order valence-corrected chi connectivity index (χ0v) is 11.7. The smallest absolute Gasteiger partial charge is 0.131 e. The van der Waals surface area contributed by atoms with E-state index in [-0.39, 0.29) is 0 Å². The molecule has 2 nitrogen and oxygen atoms in total. The van der Waals surface area contributed by atoms with Crippen LogP contribution in [0.25, 0.3) is 0 Å². The first-order valence-electron chi connectivity index (χ1n) is 4.49. The number of halogens is 3. The van der Waals surface area contributed by atoms with Crippen molar-refractivity contribution in [3.63, 3.8) is 0 Å². The summed E-state index contributed by atoms with van der Waals surface area (Å²) >= 11 is 14.1. The van der Waals surface area contributed by atoms with Gasteiger partial charge in [0, 0.05) is 15.8 Å². The van der Waals surface area contributed by atoms with Crippen LogP contribution in [0.5, 0.6) is 0 Å². The predicted molar refractivity (Wildman–Crippen MR) is 76.7 cm³/mol. The molecular formula is C11H7Cl2IN2. The third-order valence-electron chi connectivity index (χ3n) is 1.97. The predicted octanol–water partition coefficient (Wildman–Crippen LogP) is 4.74. The van der Waals surface area contributed by atoms with E-state index in [1.54, 1.807) is 6.07 Å². The van der Waals surface area contributed by atoms with Crippen molar-refractivity contribution in [2.75, 3.05) is 5.32 Å². The second kappa shape index (κ2) is 5.21. The summed E-state index contributed by atoms with van der Waals surface area (Å²) in [6, 6.07) is 9.63. The molecule has 0 saturated carbocycles. The summed E-state index contributed by atoms with van der Waals surface area (Å²) in [5.74, 6) is 0. The molecule has 2 rings (SSSR count). The lowest BCUT2D eigenvalue weighted by Crippen LogP contribution is -1.94. The van der Waals surface area contributed by atoms with E-state index in [0.29, 0.717) is 10.2 Å². The number of nitrogens with one attached hydrogen (secondary N) is 1. The summed E-state index contributed by atoms with van der Waals surface area (Å²) in [6.07, 6.45) is 1.53. The minimum atomic E-state index is 0.415. The highest BCUT2D eigenvalue weighted by Gasteiger charge is 2.04. The maximum Gasteiger partial charge on any atom is 0.131 e. The molecule has 0 aliphatic heterocycles. The minimum Gasteiger partial charge on any atom is -0.353 e. The van der Waals surface area contributed by atoms with Gasteiger partial charge in [0.1, 0.15) is 5.15 Å². The van der Waals surface area contributed by atoms with Gasteiger partial charge >= 0.3 is 0 Å². The molecule has 1 aromatic carbocycles. The van der Waals surface area contributed by atoms with Crippen LogP contribution >= 0.6 is 45.8 Å². The van der Waals surface area contributed by atoms with Gasteiger partial charge in [-0.2, -0.15) is 0 Å². The molecule has 82 valence electrons. The van der Waals surface area contributed by atoms with Gasteiger partial charge in [-0.25, -0.2) is 4.98 Å². The van der Waals surface area contributed by atoms with Crippen molar-refractivity contribution in [1.29, 1.82) is 0 Å². The Labute approximate surface area is 117 Å². The number of hydrogen-bond donors (Lipinski definition) is 1. The highest BCUT2D eigenvalue weighted by Crippen LogP contribution is 2.28. The standard InChI is InChI=1S/C11H7Cl2IN2/c12-7-6-15-11(13)5-10(7)16-9-4-2-1-3-8(9)14/h1-6H,(H,15,16). The van der Waals surface area contributed by atoms with Gasteiger partial charge in [-0.15, -0.1) is 0 Å². The Morgan fingerprint density at radius 1 is 1.12 bits per heavy atom. The van der Waals surface area contributed by atoms with Crippen molar-refractivity contribution in [3.05, 3.63) is 50.3 Å². The summed E-state index contributed by atoms with van der Waals surface area (Å²) in [5, 5.41) is 4.18. The van der Waals surface area contributed by atoms with Crippen LogP contribution in [0.2, 0.25) is 10.2 Å². The monoisotopic (exact) mass is 364 g/mol. The molecule has 16 heavy (non-hydrogen) atoms. The second-order valence-electron chi connectivity index (χ2n) is 3.09. The Kier molecular flexibility index (Phi) is 3.89. The van der Waals surface area contributed by atoms with Crippen molar-refractivity contribution in [1.82, 2.24) is 4.98 Å². The molecule has 1 heterocycles. The molecule has 1 aromatic heterocycles. The normalized spacial score (nSPS) is 10.2. The van der Waals surface area contributed by atoms with Gasteiger partial charge in [0.15, 0.2) is 0 Å². The maximum absolute atomic E-state index is 6.01. The molecule has 0 amide bonds. The van der Waals surface area contributed by atoms with E-state index in [0.717, 1.165) is 14.9 Å². The number of hydrogen-bond acceptors (Lipinski definition) is 2. The quantitative estimate of drug-likeness (QED) is 0.615. The highest BCUT2D eigenvalue weighted by atomic mass is 127. The first-order chi connectivity index (χ1) is 7.66. The van der Waals surface area contributed by atoms with Crippen LogP contribution in [0.3, 0.4) is 0 Å².